The molecule has 0 aliphatic heterocycles. The van der Waals surface area contributed by atoms with E-state index in [9.17, 15) is 9.90 Å². The SMILES string of the molecule is CCCC(O)CNCc1ccccc1C(=O)O. The molecule has 3 N–H and O–H groups in total. The van der Waals surface area contributed by atoms with Crippen LogP contribution in [0.2, 0.25) is 0 Å². The topological polar surface area (TPSA) is 69.6 Å². The second-order valence-electron chi connectivity index (χ2n) is 4.04. The van der Waals surface area contributed by atoms with Crippen molar-refractivity contribution in [2.75, 3.05) is 6.54 Å². The largest absolute Gasteiger partial charge is 0.478 e. The Balaban J connectivity index is 2.49. The molecule has 0 aliphatic carbocycles. The first kappa shape index (κ1) is 13.7. The average Bonchev–Trinajstić information content (AvgIpc) is 2.30. The number of carbonyl (C=O) groups is 1. The maximum Gasteiger partial charge on any atom is 0.336 e. The van der Waals surface area contributed by atoms with Gasteiger partial charge in [-0.2, -0.15) is 0 Å². The monoisotopic (exact) mass is 237 g/mol. The van der Waals surface area contributed by atoms with E-state index in [2.05, 4.69) is 5.32 Å². The van der Waals surface area contributed by atoms with Gasteiger partial charge in [0.2, 0.25) is 0 Å². The van der Waals surface area contributed by atoms with Crippen molar-refractivity contribution in [3.63, 3.8) is 0 Å². The van der Waals surface area contributed by atoms with Crippen LogP contribution in [-0.2, 0) is 6.54 Å². The van der Waals surface area contributed by atoms with Crippen molar-refractivity contribution in [2.24, 2.45) is 0 Å². The number of nitrogens with one attached hydrogen (secondary N) is 1. The zero-order valence-electron chi connectivity index (χ0n) is 10.0. The quantitative estimate of drug-likeness (QED) is 0.674. The minimum atomic E-state index is -0.920. The summed E-state index contributed by atoms with van der Waals surface area (Å²) in [4.78, 5) is 10.9. The highest BCUT2D eigenvalue weighted by molar-refractivity contribution is 5.89. The van der Waals surface area contributed by atoms with Gasteiger partial charge in [0.15, 0.2) is 0 Å². The number of carboxylic acids is 1. The van der Waals surface area contributed by atoms with E-state index < -0.39 is 5.97 Å². The first-order chi connectivity index (χ1) is 8.15. The van der Waals surface area contributed by atoms with Crippen LogP contribution in [-0.4, -0.2) is 28.8 Å². The number of aromatic carboxylic acids is 1. The molecule has 0 saturated heterocycles. The van der Waals surface area contributed by atoms with Gasteiger partial charge in [0.25, 0.3) is 0 Å². The molecule has 0 aromatic heterocycles. The summed E-state index contributed by atoms with van der Waals surface area (Å²) in [6.45, 7) is 2.97. The zero-order valence-corrected chi connectivity index (χ0v) is 10.0. The van der Waals surface area contributed by atoms with Gasteiger partial charge in [-0.15, -0.1) is 0 Å². The summed E-state index contributed by atoms with van der Waals surface area (Å²) in [6, 6.07) is 6.88. The van der Waals surface area contributed by atoms with E-state index in [1.54, 1.807) is 18.2 Å². The fraction of sp³-hybridized carbons (Fsp3) is 0.462. The third-order valence-electron chi connectivity index (χ3n) is 2.57. The predicted octanol–water partition coefficient (Wildman–Crippen LogP) is 1.64. The first-order valence-electron chi connectivity index (χ1n) is 5.85. The summed E-state index contributed by atoms with van der Waals surface area (Å²) in [7, 11) is 0. The maximum absolute atomic E-state index is 10.9. The lowest BCUT2D eigenvalue weighted by Gasteiger charge is -2.11. The molecule has 4 heteroatoms. The molecule has 0 spiro atoms. The Labute approximate surface area is 101 Å². The number of carboxylic acid groups (broad SMARTS) is 1. The molecule has 4 nitrogen and oxygen atoms in total. The number of aliphatic hydroxyl groups excluding tert-OH is 1. The van der Waals surface area contributed by atoms with Crippen LogP contribution in [0.1, 0.15) is 35.7 Å². The molecule has 0 bridgehead atoms. The molecule has 1 aromatic carbocycles. The number of rotatable bonds is 7. The summed E-state index contributed by atoms with van der Waals surface area (Å²) < 4.78 is 0. The van der Waals surface area contributed by atoms with Gasteiger partial charge in [-0.25, -0.2) is 4.79 Å². The Morgan fingerprint density at radius 2 is 2.12 bits per heavy atom. The van der Waals surface area contributed by atoms with E-state index in [1.807, 2.05) is 13.0 Å². The zero-order chi connectivity index (χ0) is 12.7. The second-order valence-corrected chi connectivity index (χ2v) is 4.04. The number of aliphatic hydroxyl groups is 1. The van der Waals surface area contributed by atoms with Crippen LogP contribution < -0.4 is 5.32 Å². The van der Waals surface area contributed by atoms with Gasteiger partial charge in [0.05, 0.1) is 11.7 Å². The molecule has 17 heavy (non-hydrogen) atoms. The lowest BCUT2D eigenvalue weighted by molar-refractivity contribution is 0.0695. The third-order valence-corrected chi connectivity index (χ3v) is 2.57. The van der Waals surface area contributed by atoms with Crippen LogP contribution in [0.15, 0.2) is 24.3 Å². The van der Waals surface area contributed by atoms with E-state index in [4.69, 9.17) is 5.11 Å². The lowest BCUT2D eigenvalue weighted by Crippen LogP contribution is -2.26. The molecular weight excluding hydrogens is 218 g/mol. The fourth-order valence-corrected chi connectivity index (χ4v) is 1.69. The number of benzene rings is 1. The Morgan fingerprint density at radius 1 is 1.41 bits per heavy atom. The van der Waals surface area contributed by atoms with Gasteiger partial charge in [-0.05, 0) is 18.1 Å². The van der Waals surface area contributed by atoms with E-state index in [1.165, 1.54) is 0 Å². The highest BCUT2D eigenvalue weighted by Crippen LogP contribution is 2.08. The maximum atomic E-state index is 10.9. The predicted molar refractivity (Wildman–Crippen MR) is 66.0 cm³/mol. The molecule has 0 heterocycles. The van der Waals surface area contributed by atoms with Crippen LogP contribution in [0.25, 0.3) is 0 Å². The van der Waals surface area contributed by atoms with Crippen LogP contribution in [0, 0.1) is 0 Å². The van der Waals surface area contributed by atoms with Crippen LogP contribution in [0.3, 0.4) is 0 Å². The third kappa shape index (κ3) is 4.54. The van der Waals surface area contributed by atoms with Crippen LogP contribution >= 0.6 is 0 Å². The molecule has 0 fully saturated rings. The van der Waals surface area contributed by atoms with Crippen LogP contribution in [0.4, 0.5) is 0 Å². The average molecular weight is 237 g/mol. The fourth-order valence-electron chi connectivity index (χ4n) is 1.69. The van der Waals surface area contributed by atoms with E-state index >= 15 is 0 Å². The highest BCUT2D eigenvalue weighted by Gasteiger charge is 2.09. The van der Waals surface area contributed by atoms with Gasteiger partial charge >= 0.3 is 5.97 Å². The van der Waals surface area contributed by atoms with Gasteiger partial charge in [-0.3, -0.25) is 0 Å². The summed E-state index contributed by atoms with van der Waals surface area (Å²) in [5.41, 5.74) is 1.05. The lowest BCUT2D eigenvalue weighted by atomic mass is 10.1. The van der Waals surface area contributed by atoms with Gasteiger partial charge in [0, 0.05) is 13.1 Å². The minimum absolute atomic E-state index is 0.310. The Kier molecular flexibility index (Phi) is 5.66. The summed E-state index contributed by atoms with van der Waals surface area (Å²) in [5.74, 6) is -0.920. The first-order valence-corrected chi connectivity index (χ1v) is 5.85. The summed E-state index contributed by atoms with van der Waals surface area (Å²) in [6.07, 6.45) is 1.33. The standard InChI is InChI=1S/C13H19NO3/c1-2-5-11(15)9-14-8-10-6-3-4-7-12(10)13(16)17/h3-4,6-7,11,14-15H,2,5,8-9H2,1H3,(H,16,17). The van der Waals surface area contributed by atoms with Crippen molar-refractivity contribution in [1.29, 1.82) is 0 Å². The van der Waals surface area contributed by atoms with Crippen molar-refractivity contribution in [1.82, 2.24) is 5.32 Å². The molecule has 0 saturated carbocycles. The molecule has 0 radical (unpaired) electrons. The van der Waals surface area contributed by atoms with Crippen molar-refractivity contribution in [2.45, 2.75) is 32.4 Å². The molecule has 0 amide bonds. The molecule has 1 rings (SSSR count). The molecule has 1 aromatic rings. The van der Waals surface area contributed by atoms with Gasteiger partial charge < -0.3 is 15.5 Å². The smallest absolute Gasteiger partial charge is 0.336 e. The Hall–Kier alpha value is -1.39. The molecule has 0 aliphatic rings. The molecular formula is C13H19NO3. The van der Waals surface area contributed by atoms with Crippen molar-refractivity contribution in [3.05, 3.63) is 35.4 Å². The highest BCUT2D eigenvalue weighted by atomic mass is 16.4. The Bertz CT molecular complexity index is 365. The minimum Gasteiger partial charge on any atom is -0.478 e. The van der Waals surface area contributed by atoms with E-state index in [0.717, 1.165) is 18.4 Å². The van der Waals surface area contributed by atoms with Crippen molar-refractivity contribution in [3.8, 4) is 0 Å². The summed E-state index contributed by atoms with van der Waals surface area (Å²) in [5, 5.41) is 21.6. The molecule has 94 valence electrons. The Morgan fingerprint density at radius 3 is 2.76 bits per heavy atom. The number of hydrogen-bond acceptors (Lipinski definition) is 3. The van der Waals surface area contributed by atoms with Crippen molar-refractivity contribution < 1.29 is 15.0 Å². The van der Waals surface area contributed by atoms with Crippen LogP contribution in [0.5, 0.6) is 0 Å². The van der Waals surface area contributed by atoms with Crippen molar-refractivity contribution >= 4 is 5.97 Å². The van der Waals surface area contributed by atoms with Gasteiger partial charge in [-0.1, -0.05) is 31.5 Å². The molecule has 1 atom stereocenters. The summed E-state index contributed by atoms with van der Waals surface area (Å²) >= 11 is 0. The second kappa shape index (κ2) is 7.04. The van der Waals surface area contributed by atoms with E-state index in [-0.39, 0.29) is 6.10 Å². The van der Waals surface area contributed by atoms with E-state index in [0.29, 0.717) is 18.7 Å². The molecule has 1 unspecified atom stereocenters. The van der Waals surface area contributed by atoms with Gasteiger partial charge in [0.1, 0.15) is 0 Å². The normalized spacial score (nSPS) is 12.4. The number of hydrogen-bond donors (Lipinski definition) is 3.